The highest BCUT2D eigenvalue weighted by Gasteiger charge is 2.24. The summed E-state index contributed by atoms with van der Waals surface area (Å²) in [6, 6.07) is 4.29. The first-order valence-corrected chi connectivity index (χ1v) is 7.49. The summed E-state index contributed by atoms with van der Waals surface area (Å²) in [5.74, 6) is 1.69. The van der Waals surface area contributed by atoms with Crippen LogP contribution in [-0.4, -0.2) is 36.2 Å². The number of rotatable bonds is 7. The summed E-state index contributed by atoms with van der Waals surface area (Å²) in [7, 11) is 0. The van der Waals surface area contributed by atoms with Gasteiger partial charge in [-0.1, -0.05) is 26.2 Å². The number of nitrogens with zero attached hydrogens (tertiary/aromatic N) is 1. The van der Waals surface area contributed by atoms with Crippen LogP contribution >= 0.6 is 0 Å². The molecule has 0 aliphatic carbocycles. The van der Waals surface area contributed by atoms with Gasteiger partial charge in [-0.2, -0.15) is 0 Å². The standard InChI is InChI=1S/C15H26N2O2/c1-2-3-4-5-14(17-10-8-16-9-11-17)15-7-6-13(12-18)19-15/h6-7,14,16,18H,2-5,8-12H2,1H3/t14-/m1/s1. The van der Waals surface area contributed by atoms with Crippen LogP contribution in [0.4, 0.5) is 0 Å². The SMILES string of the molecule is CCCCC[C@H](c1ccc(CO)o1)N1CCNCC1. The van der Waals surface area contributed by atoms with Gasteiger partial charge in [0.2, 0.25) is 0 Å². The Labute approximate surface area is 115 Å². The third kappa shape index (κ3) is 4.06. The van der Waals surface area contributed by atoms with Crippen molar-refractivity contribution in [1.82, 2.24) is 10.2 Å². The topological polar surface area (TPSA) is 48.6 Å². The van der Waals surface area contributed by atoms with Crippen LogP contribution in [0.25, 0.3) is 0 Å². The van der Waals surface area contributed by atoms with Crippen LogP contribution in [0.3, 0.4) is 0 Å². The number of hydrogen-bond acceptors (Lipinski definition) is 4. The van der Waals surface area contributed by atoms with Gasteiger partial charge in [-0.25, -0.2) is 0 Å². The summed E-state index contributed by atoms with van der Waals surface area (Å²) in [6.45, 7) is 6.48. The van der Waals surface area contributed by atoms with Crippen molar-refractivity contribution in [3.05, 3.63) is 23.7 Å². The predicted molar refractivity (Wildman–Crippen MR) is 76.0 cm³/mol. The lowest BCUT2D eigenvalue weighted by Crippen LogP contribution is -2.45. The van der Waals surface area contributed by atoms with E-state index in [0.717, 1.165) is 38.4 Å². The fourth-order valence-electron chi connectivity index (χ4n) is 2.74. The molecule has 0 amide bonds. The molecule has 0 spiro atoms. The largest absolute Gasteiger partial charge is 0.462 e. The van der Waals surface area contributed by atoms with E-state index in [0.29, 0.717) is 11.8 Å². The number of aliphatic hydroxyl groups excluding tert-OH is 1. The molecular weight excluding hydrogens is 240 g/mol. The summed E-state index contributed by atoms with van der Waals surface area (Å²) >= 11 is 0. The van der Waals surface area contributed by atoms with Crippen LogP contribution < -0.4 is 5.32 Å². The molecule has 1 atom stereocenters. The minimum Gasteiger partial charge on any atom is -0.462 e. The van der Waals surface area contributed by atoms with Gasteiger partial charge in [0.1, 0.15) is 18.1 Å². The van der Waals surface area contributed by atoms with Crippen molar-refractivity contribution < 1.29 is 9.52 Å². The third-order valence-corrected chi connectivity index (χ3v) is 3.84. The number of furan rings is 1. The molecule has 1 saturated heterocycles. The summed E-state index contributed by atoms with van der Waals surface area (Å²) in [5, 5.41) is 12.5. The van der Waals surface area contributed by atoms with Gasteiger partial charge in [-0.3, -0.25) is 4.90 Å². The zero-order valence-electron chi connectivity index (χ0n) is 11.9. The zero-order valence-corrected chi connectivity index (χ0v) is 11.9. The maximum absolute atomic E-state index is 9.14. The van der Waals surface area contributed by atoms with Crippen LogP contribution in [0, 0.1) is 0 Å². The molecule has 2 N–H and O–H groups in total. The molecule has 2 heterocycles. The van der Waals surface area contributed by atoms with E-state index in [1.54, 1.807) is 0 Å². The first-order chi connectivity index (χ1) is 9.35. The second kappa shape index (κ2) is 7.68. The van der Waals surface area contributed by atoms with Crippen molar-refractivity contribution in [2.24, 2.45) is 0 Å². The van der Waals surface area contributed by atoms with Gasteiger partial charge in [0.05, 0.1) is 6.04 Å². The quantitative estimate of drug-likeness (QED) is 0.744. The van der Waals surface area contributed by atoms with Crippen LogP contribution in [0.5, 0.6) is 0 Å². The predicted octanol–water partition coefficient (Wildman–Crippen LogP) is 2.30. The van der Waals surface area contributed by atoms with Gasteiger partial charge in [0.25, 0.3) is 0 Å². The normalized spacial score (nSPS) is 18.6. The lowest BCUT2D eigenvalue weighted by atomic mass is 10.0. The van der Waals surface area contributed by atoms with E-state index >= 15 is 0 Å². The van der Waals surface area contributed by atoms with Crippen LogP contribution in [-0.2, 0) is 6.61 Å². The van der Waals surface area contributed by atoms with Crippen molar-refractivity contribution in [3.8, 4) is 0 Å². The maximum Gasteiger partial charge on any atom is 0.129 e. The van der Waals surface area contributed by atoms with Gasteiger partial charge in [0, 0.05) is 26.2 Å². The molecule has 1 fully saturated rings. The number of nitrogens with one attached hydrogen (secondary N) is 1. The van der Waals surface area contributed by atoms with Gasteiger partial charge < -0.3 is 14.8 Å². The molecule has 1 aliphatic heterocycles. The minimum atomic E-state index is -0.0107. The summed E-state index contributed by atoms with van der Waals surface area (Å²) in [6.07, 6.45) is 4.90. The Morgan fingerprint density at radius 3 is 2.74 bits per heavy atom. The Morgan fingerprint density at radius 2 is 2.11 bits per heavy atom. The Balaban J connectivity index is 2.03. The second-order valence-corrected chi connectivity index (χ2v) is 5.26. The lowest BCUT2D eigenvalue weighted by molar-refractivity contribution is 0.139. The molecule has 19 heavy (non-hydrogen) atoms. The Bertz CT molecular complexity index is 359. The van der Waals surface area contributed by atoms with E-state index in [9.17, 15) is 0 Å². The number of piperazine rings is 1. The van der Waals surface area contributed by atoms with Gasteiger partial charge in [-0.15, -0.1) is 0 Å². The first kappa shape index (κ1) is 14.6. The maximum atomic E-state index is 9.14. The first-order valence-electron chi connectivity index (χ1n) is 7.49. The molecule has 4 nitrogen and oxygen atoms in total. The van der Waals surface area contributed by atoms with Crippen molar-refractivity contribution in [3.63, 3.8) is 0 Å². The van der Waals surface area contributed by atoms with E-state index in [-0.39, 0.29) is 6.61 Å². The number of unbranched alkanes of at least 4 members (excludes halogenated alkanes) is 2. The highest BCUT2D eigenvalue weighted by Crippen LogP contribution is 2.28. The van der Waals surface area contributed by atoms with Gasteiger partial charge in [-0.05, 0) is 18.6 Å². The summed E-state index contributed by atoms with van der Waals surface area (Å²) in [4.78, 5) is 2.51. The van der Waals surface area contributed by atoms with Crippen molar-refractivity contribution in [1.29, 1.82) is 0 Å². The van der Waals surface area contributed by atoms with E-state index in [1.165, 1.54) is 19.3 Å². The molecule has 0 aromatic carbocycles. The fourth-order valence-corrected chi connectivity index (χ4v) is 2.74. The van der Waals surface area contributed by atoms with Crippen LogP contribution in [0.1, 0.15) is 50.2 Å². The highest BCUT2D eigenvalue weighted by molar-refractivity contribution is 5.11. The fraction of sp³-hybridized carbons (Fsp3) is 0.733. The molecule has 1 aromatic heterocycles. The van der Waals surface area contributed by atoms with Crippen molar-refractivity contribution in [2.45, 2.75) is 45.3 Å². The highest BCUT2D eigenvalue weighted by atomic mass is 16.4. The molecule has 1 aliphatic rings. The molecule has 0 radical (unpaired) electrons. The number of aliphatic hydroxyl groups is 1. The molecular formula is C15H26N2O2. The van der Waals surface area contributed by atoms with Crippen molar-refractivity contribution in [2.75, 3.05) is 26.2 Å². The second-order valence-electron chi connectivity index (χ2n) is 5.26. The average Bonchev–Trinajstić information content (AvgIpc) is 2.93. The zero-order chi connectivity index (χ0) is 13.5. The van der Waals surface area contributed by atoms with Gasteiger partial charge in [0.15, 0.2) is 0 Å². The molecule has 0 bridgehead atoms. The van der Waals surface area contributed by atoms with E-state index in [1.807, 2.05) is 12.1 Å². The van der Waals surface area contributed by atoms with Crippen LogP contribution in [0.15, 0.2) is 16.5 Å². The van der Waals surface area contributed by atoms with E-state index < -0.39 is 0 Å². The minimum absolute atomic E-state index is 0.0107. The Kier molecular flexibility index (Phi) is 5.89. The third-order valence-electron chi connectivity index (χ3n) is 3.84. The number of hydrogen-bond donors (Lipinski definition) is 2. The molecule has 0 saturated carbocycles. The average molecular weight is 266 g/mol. The monoisotopic (exact) mass is 266 g/mol. The van der Waals surface area contributed by atoms with Crippen molar-refractivity contribution >= 4 is 0 Å². The van der Waals surface area contributed by atoms with Gasteiger partial charge >= 0.3 is 0 Å². The summed E-state index contributed by atoms with van der Waals surface area (Å²) < 4.78 is 5.77. The lowest BCUT2D eigenvalue weighted by Gasteiger charge is -2.34. The summed E-state index contributed by atoms with van der Waals surface area (Å²) in [5.41, 5.74) is 0. The smallest absolute Gasteiger partial charge is 0.129 e. The molecule has 0 unspecified atom stereocenters. The molecule has 4 heteroatoms. The molecule has 108 valence electrons. The Morgan fingerprint density at radius 1 is 1.32 bits per heavy atom. The molecule has 2 rings (SSSR count). The van der Waals surface area contributed by atoms with E-state index in [4.69, 9.17) is 9.52 Å². The van der Waals surface area contributed by atoms with Crippen LogP contribution in [0.2, 0.25) is 0 Å². The Hall–Kier alpha value is -0.840. The molecule has 1 aromatic rings. The van der Waals surface area contributed by atoms with E-state index in [2.05, 4.69) is 17.1 Å².